The summed E-state index contributed by atoms with van der Waals surface area (Å²) in [5.41, 5.74) is 5.64. The molecule has 2 unspecified atom stereocenters. The van der Waals surface area contributed by atoms with Crippen LogP contribution in [0, 0.1) is 5.92 Å². The van der Waals surface area contributed by atoms with Crippen LogP contribution in [0.4, 0.5) is 0 Å². The standard InChI is InChI=1S/C15H30N2O/c1-3-6-14(10-11-16)8-9-15(18)17-12-5-4-7-13(17)2/h13-14H,3-12,16H2,1-2H3. The second-order valence-corrected chi connectivity index (χ2v) is 5.70. The summed E-state index contributed by atoms with van der Waals surface area (Å²) in [4.78, 5) is 14.3. The van der Waals surface area contributed by atoms with Gasteiger partial charge in [0.15, 0.2) is 0 Å². The largest absolute Gasteiger partial charge is 0.340 e. The van der Waals surface area contributed by atoms with Crippen molar-refractivity contribution in [1.82, 2.24) is 4.90 Å². The maximum atomic E-state index is 12.2. The van der Waals surface area contributed by atoms with Crippen molar-refractivity contribution < 1.29 is 4.79 Å². The molecule has 106 valence electrons. The molecule has 0 radical (unpaired) electrons. The lowest BCUT2D eigenvalue weighted by Crippen LogP contribution is -2.42. The first kappa shape index (κ1) is 15.5. The second-order valence-electron chi connectivity index (χ2n) is 5.70. The Bertz CT molecular complexity index is 237. The molecule has 2 atom stereocenters. The van der Waals surface area contributed by atoms with Crippen LogP contribution in [0.3, 0.4) is 0 Å². The predicted molar refractivity (Wildman–Crippen MR) is 76.3 cm³/mol. The fourth-order valence-corrected chi connectivity index (χ4v) is 3.02. The molecule has 1 saturated heterocycles. The highest BCUT2D eigenvalue weighted by atomic mass is 16.2. The minimum Gasteiger partial charge on any atom is -0.340 e. The van der Waals surface area contributed by atoms with Crippen molar-refractivity contribution in [1.29, 1.82) is 0 Å². The van der Waals surface area contributed by atoms with E-state index in [2.05, 4.69) is 18.7 Å². The van der Waals surface area contributed by atoms with Crippen LogP contribution in [0.5, 0.6) is 0 Å². The van der Waals surface area contributed by atoms with Gasteiger partial charge in [0.1, 0.15) is 0 Å². The quantitative estimate of drug-likeness (QED) is 0.759. The van der Waals surface area contributed by atoms with Crippen LogP contribution in [0.1, 0.15) is 65.2 Å². The Labute approximate surface area is 112 Å². The van der Waals surface area contributed by atoms with E-state index in [1.54, 1.807) is 0 Å². The summed E-state index contributed by atoms with van der Waals surface area (Å²) in [6, 6.07) is 0.449. The minimum absolute atomic E-state index is 0.361. The molecule has 0 aromatic carbocycles. The van der Waals surface area contributed by atoms with E-state index in [0.29, 0.717) is 17.9 Å². The summed E-state index contributed by atoms with van der Waals surface area (Å²) in [6.07, 6.45) is 8.83. The van der Waals surface area contributed by atoms with Crippen LogP contribution in [0.2, 0.25) is 0 Å². The van der Waals surface area contributed by atoms with Gasteiger partial charge in [-0.3, -0.25) is 4.79 Å². The molecule has 3 heteroatoms. The van der Waals surface area contributed by atoms with E-state index >= 15 is 0 Å². The Morgan fingerprint density at radius 1 is 1.33 bits per heavy atom. The fourth-order valence-electron chi connectivity index (χ4n) is 3.02. The highest BCUT2D eigenvalue weighted by molar-refractivity contribution is 5.76. The van der Waals surface area contributed by atoms with Gasteiger partial charge in [-0.15, -0.1) is 0 Å². The zero-order chi connectivity index (χ0) is 13.4. The number of rotatable bonds is 7. The Kier molecular flexibility index (Phi) is 7.33. The summed E-state index contributed by atoms with van der Waals surface area (Å²) in [5, 5.41) is 0. The number of carbonyl (C=O) groups is 1. The van der Waals surface area contributed by atoms with Crippen LogP contribution < -0.4 is 5.73 Å². The van der Waals surface area contributed by atoms with E-state index < -0.39 is 0 Å². The first-order valence-corrected chi connectivity index (χ1v) is 7.68. The molecule has 0 aromatic rings. The summed E-state index contributed by atoms with van der Waals surface area (Å²) in [7, 11) is 0. The van der Waals surface area contributed by atoms with Crippen LogP contribution in [-0.4, -0.2) is 29.9 Å². The fraction of sp³-hybridized carbons (Fsp3) is 0.933. The molecule has 1 rings (SSSR count). The Hall–Kier alpha value is -0.570. The van der Waals surface area contributed by atoms with Crippen molar-refractivity contribution in [2.24, 2.45) is 11.7 Å². The lowest BCUT2D eigenvalue weighted by Gasteiger charge is -2.33. The monoisotopic (exact) mass is 254 g/mol. The van der Waals surface area contributed by atoms with Gasteiger partial charge >= 0.3 is 0 Å². The maximum absolute atomic E-state index is 12.2. The molecule has 0 aliphatic carbocycles. The van der Waals surface area contributed by atoms with E-state index in [-0.39, 0.29) is 0 Å². The van der Waals surface area contributed by atoms with E-state index in [0.717, 1.165) is 32.4 Å². The number of nitrogens with zero attached hydrogens (tertiary/aromatic N) is 1. The molecule has 1 heterocycles. The van der Waals surface area contributed by atoms with Crippen LogP contribution in [0.15, 0.2) is 0 Å². The molecular formula is C15H30N2O. The Morgan fingerprint density at radius 2 is 2.11 bits per heavy atom. The van der Waals surface area contributed by atoms with Gasteiger partial charge in [-0.25, -0.2) is 0 Å². The third kappa shape index (κ3) is 4.97. The molecule has 1 fully saturated rings. The highest BCUT2D eigenvalue weighted by Crippen LogP contribution is 2.21. The normalized spacial score (nSPS) is 21.9. The van der Waals surface area contributed by atoms with Gasteiger partial charge in [0, 0.05) is 19.0 Å². The van der Waals surface area contributed by atoms with E-state index in [4.69, 9.17) is 5.73 Å². The van der Waals surface area contributed by atoms with Gasteiger partial charge in [-0.2, -0.15) is 0 Å². The Balaban J connectivity index is 2.33. The number of piperidine rings is 1. The van der Waals surface area contributed by atoms with Crippen molar-refractivity contribution in [2.75, 3.05) is 13.1 Å². The highest BCUT2D eigenvalue weighted by Gasteiger charge is 2.23. The van der Waals surface area contributed by atoms with E-state index in [1.165, 1.54) is 32.1 Å². The van der Waals surface area contributed by atoms with E-state index in [9.17, 15) is 4.79 Å². The van der Waals surface area contributed by atoms with Gasteiger partial charge in [-0.1, -0.05) is 19.8 Å². The lowest BCUT2D eigenvalue weighted by molar-refractivity contribution is -0.134. The van der Waals surface area contributed by atoms with Gasteiger partial charge in [0.2, 0.25) is 5.91 Å². The van der Waals surface area contributed by atoms with Crippen molar-refractivity contribution in [3.8, 4) is 0 Å². The molecule has 1 amide bonds. The molecule has 2 N–H and O–H groups in total. The molecule has 0 spiro atoms. The maximum Gasteiger partial charge on any atom is 0.222 e. The van der Waals surface area contributed by atoms with Crippen LogP contribution in [-0.2, 0) is 4.79 Å². The summed E-state index contributed by atoms with van der Waals surface area (Å²) < 4.78 is 0. The van der Waals surface area contributed by atoms with Gasteiger partial charge in [-0.05, 0) is 51.5 Å². The van der Waals surface area contributed by atoms with Crippen molar-refractivity contribution in [3.05, 3.63) is 0 Å². The number of likely N-dealkylation sites (tertiary alicyclic amines) is 1. The zero-order valence-corrected chi connectivity index (χ0v) is 12.2. The third-order valence-electron chi connectivity index (χ3n) is 4.16. The topological polar surface area (TPSA) is 46.3 Å². The molecule has 3 nitrogen and oxygen atoms in total. The molecule has 1 aliphatic rings. The summed E-state index contributed by atoms with van der Waals surface area (Å²) in [6.45, 7) is 6.10. The average Bonchev–Trinajstić information content (AvgIpc) is 2.36. The van der Waals surface area contributed by atoms with Crippen LogP contribution in [0.25, 0.3) is 0 Å². The molecule has 0 aromatic heterocycles. The van der Waals surface area contributed by atoms with Gasteiger partial charge in [0.05, 0.1) is 0 Å². The summed E-state index contributed by atoms with van der Waals surface area (Å²) >= 11 is 0. The number of nitrogens with two attached hydrogens (primary N) is 1. The minimum atomic E-state index is 0.361. The third-order valence-corrected chi connectivity index (χ3v) is 4.16. The molecule has 18 heavy (non-hydrogen) atoms. The number of amides is 1. The van der Waals surface area contributed by atoms with Crippen molar-refractivity contribution in [3.63, 3.8) is 0 Å². The SMILES string of the molecule is CCCC(CCN)CCC(=O)N1CCCCC1C. The zero-order valence-electron chi connectivity index (χ0n) is 12.2. The first-order valence-electron chi connectivity index (χ1n) is 7.68. The van der Waals surface area contributed by atoms with Crippen LogP contribution >= 0.6 is 0 Å². The number of carbonyl (C=O) groups excluding carboxylic acids is 1. The molecule has 1 aliphatic heterocycles. The predicted octanol–water partition coefficient (Wildman–Crippen LogP) is 2.93. The second kappa shape index (κ2) is 8.52. The number of hydrogen-bond donors (Lipinski definition) is 1. The average molecular weight is 254 g/mol. The van der Waals surface area contributed by atoms with Crippen molar-refractivity contribution >= 4 is 5.91 Å². The lowest BCUT2D eigenvalue weighted by atomic mass is 9.93. The van der Waals surface area contributed by atoms with Gasteiger partial charge < -0.3 is 10.6 Å². The number of hydrogen-bond acceptors (Lipinski definition) is 2. The molecule has 0 bridgehead atoms. The molecular weight excluding hydrogens is 224 g/mol. The van der Waals surface area contributed by atoms with Crippen molar-refractivity contribution in [2.45, 2.75) is 71.3 Å². The smallest absolute Gasteiger partial charge is 0.222 e. The molecule has 0 saturated carbocycles. The first-order chi connectivity index (χ1) is 8.69. The van der Waals surface area contributed by atoms with Gasteiger partial charge in [0.25, 0.3) is 0 Å². The van der Waals surface area contributed by atoms with E-state index in [1.807, 2.05) is 0 Å². The Morgan fingerprint density at radius 3 is 2.72 bits per heavy atom. The summed E-state index contributed by atoms with van der Waals surface area (Å²) in [5.74, 6) is 1.00.